The summed E-state index contributed by atoms with van der Waals surface area (Å²) >= 11 is 5.53. The molecule has 1 heterocycles. The summed E-state index contributed by atoms with van der Waals surface area (Å²) in [6.07, 6.45) is 3.77. The maximum absolute atomic E-state index is 3.82. The molecule has 2 aromatic rings. The molecule has 0 amide bonds. The molecule has 0 spiro atoms. The van der Waals surface area contributed by atoms with Crippen LogP contribution in [0.15, 0.2) is 34.1 Å². The molecular formula is C17H20BrNS. The van der Waals surface area contributed by atoms with E-state index in [0.717, 1.165) is 0 Å². The molecule has 20 heavy (non-hydrogen) atoms. The summed E-state index contributed by atoms with van der Waals surface area (Å²) in [6, 6.07) is 12.0. The monoisotopic (exact) mass is 349 g/mol. The highest BCUT2D eigenvalue weighted by molar-refractivity contribution is 9.11. The molecule has 0 fully saturated rings. The molecule has 1 aliphatic rings. The van der Waals surface area contributed by atoms with Crippen LogP contribution in [-0.4, -0.2) is 0 Å². The highest BCUT2D eigenvalue weighted by Crippen LogP contribution is 2.38. The predicted molar refractivity (Wildman–Crippen MR) is 90.4 cm³/mol. The van der Waals surface area contributed by atoms with Crippen molar-refractivity contribution in [1.29, 1.82) is 0 Å². The van der Waals surface area contributed by atoms with Gasteiger partial charge < -0.3 is 5.32 Å². The van der Waals surface area contributed by atoms with E-state index >= 15 is 0 Å². The number of rotatable bonds is 3. The molecule has 1 nitrogen and oxygen atoms in total. The van der Waals surface area contributed by atoms with Crippen LogP contribution in [0.4, 0.5) is 0 Å². The quantitative estimate of drug-likeness (QED) is 0.766. The molecule has 106 valence electrons. The summed E-state index contributed by atoms with van der Waals surface area (Å²) in [4.78, 5) is 1.55. The Hall–Kier alpha value is -0.640. The van der Waals surface area contributed by atoms with Gasteiger partial charge in [-0.3, -0.25) is 0 Å². The first kappa shape index (κ1) is 14.3. The van der Waals surface area contributed by atoms with Crippen LogP contribution in [0.5, 0.6) is 0 Å². The first-order chi connectivity index (χ1) is 9.63. The van der Waals surface area contributed by atoms with Crippen molar-refractivity contribution in [3.05, 3.63) is 55.7 Å². The lowest BCUT2D eigenvalue weighted by Crippen LogP contribution is -2.27. The third-order valence-corrected chi connectivity index (χ3v) is 5.79. The van der Waals surface area contributed by atoms with Gasteiger partial charge in [-0.05, 0) is 66.2 Å². The molecule has 0 radical (unpaired) electrons. The van der Waals surface area contributed by atoms with Gasteiger partial charge in [-0.1, -0.05) is 29.8 Å². The average molecular weight is 350 g/mol. The van der Waals surface area contributed by atoms with Crippen LogP contribution in [0, 0.1) is 6.92 Å². The van der Waals surface area contributed by atoms with E-state index in [1.807, 2.05) is 11.3 Å². The summed E-state index contributed by atoms with van der Waals surface area (Å²) in [7, 11) is 0. The Morgan fingerprint density at radius 1 is 1.35 bits per heavy atom. The van der Waals surface area contributed by atoms with Crippen LogP contribution in [0.2, 0.25) is 0 Å². The van der Waals surface area contributed by atoms with Crippen LogP contribution in [0.3, 0.4) is 0 Å². The molecule has 0 bridgehead atoms. The van der Waals surface area contributed by atoms with Crippen molar-refractivity contribution in [3.8, 4) is 0 Å². The number of halogens is 1. The molecule has 0 aliphatic heterocycles. The van der Waals surface area contributed by atoms with Crippen LogP contribution < -0.4 is 5.32 Å². The molecule has 1 aromatic heterocycles. The zero-order chi connectivity index (χ0) is 14.1. The molecule has 3 rings (SSSR count). The Morgan fingerprint density at radius 3 is 3.00 bits per heavy atom. The second-order valence-corrected chi connectivity index (χ2v) is 8.19. The van der Waals surface area contributed by atoms with Gasteiger partial charge in [0.15, 0.2) is 0 Å². The van der Waals surface area contributed by atoms with Gasteiger partial charge in [0, 0.05) is 17.0 Å². The fraction of sp³-hybridized carbons (Fsp3) is 0.412. The van der Waals surface area contributed by atoms with Gasteiger partial charge in [-0.2, -0.15) is 0 Å². The van der Waals surface area contributed by atoms with E-state index in [1.54, 1.807) is 4.88 Å². The predicted octanol–water partition coefficient (Wildman–Crippen LogP) is 5.55. The fourth-order valence-electron chi connectivity index (χ4n) is 3.03. The highest BCUT2D eigenvalue weighted by Gasteiger charge is 2.24. The maximum atomic E-state index is 3.82. The van der Waals surface area contributed by atoms with E-state index in [2.05, 4.69) is 65.4 Å². The Morgan fingerprint density at radius 2 is 2.20 bits per heavy atom. The lowest BCUT2D eigenvalue weighted by molar-refractivity contribution is 0.418. The Kier molecular flexibility index (Phi) is 4.29. The zero-order valence-corrected chi connectivity index (χ0v) is 14.4. The van der Waals surface area contributed by atoms with E-state index in [1.165, 1.54) is 39.7 Å². The van der Waals surface area contributed by atoms with Gasteiger partial charge in [0.25, 0.3) is 0 Å². The topological polar surface area (TPSA) is 12.0 Å². The Balaban J connectivity index is 1.78. The first-order valence-corrected chi connectivity index (χ1v) is 8.85. The number of nitrogens with one attached hydrogen (secondary N) is 1. The normalized spacial score (nSPS) is 19.6. The molecule has 2 atom stereocenters. The summed E-state index contributed by atoms with van der Waals surface area (Å²) < 4.78 is 1.26. The average Bonchev–Trinajstić information content (AvgIpc) is 2.80. The molecular weight excluding hydrogens is 330 g/mol. The van der Waals surface area contributed by atoms with E-state index in [9.17, 15) is 0 Å². The smallest absolute Gasteiger partial charge is 0.0704 e. The zero-order valence-electron chi connectivity index (χ0n) is 11.9. The molecule has 1 N–H and O–H groups in total. The molecule has 1 unspecified atom stereocenters. The minimum atomic E-state index is 0.393. The summed E-state index contributed by atoms with van der Waals surface area (Å²) in [5.74, 6) is 0. The van der Waals surface area contributed by atoms with Crippen molar-refractivity contribution in [2.75, 3.05) is 0 Å². The van der Waals surface area contributed by atoms with E-state index in [0.29, 0.717) is 12.1 Å². The Bertz CT molecular complexity index is 605. The SMILES string of the molecule is Cc1cccc([C@@H](C)NC2CCCc3sc(Br)cc32)c1. The van der Waals surface area contributed by atoms with Crippen molar-refractivity contribution in [2.24, 2.45) is 0 Å². The van der Waals surface area contributed by atoms with E-state index < -0.39 is 0 Å². The molecule has 1 aliphatic carbocycles. The fourth-order valence-corrected chi connectivity index (χ4v) is 4.85. The van der Waals surface area contributed by atoms with Gasteiger partial charge in [0.2, 0.25) is 0 Å². The summed E-state index contributed by atoms with van der Waals surface area (Å²) in [5, 5.41) is 3.82. The minimum absolute atomic E-state index is 0.393. The van der Waals surface area contributed by atoms with Crippen molar-refractivity contribution in [2.45, 2.75) is 45.2 Å². The van der Waals surface area contributed by atoms with E-state index in [-0.39, 0.29) is 0 Å². The lowest BCUT2D eigenvalue weighted by Gasteiger charge is -2.27. The largest absolute Gasteiger partial charge is 0.303 e. The van der Waals surface area contributed by atoms with E-state index in [4.69, 9.17) is 0 Å². The highest BCUT2D eigenvalue weighted by atomic mass is 79.9. The van der Waals surface area contributed by atoms with Gasteiger partial charge in [-0.15, -0.1) is 11.3 Å². The number of benzene rings is 1. The number of fused-ring (bicyclic) bond motifs is 1. The van der Waals surface area contributed by atoms with Crippen LogP contribution in [0.25, 0.3) is 0 Å². The maximum Gasteiger partial charge on any atom is 0.0704 e. The van der Waals surface area contributed by atoms with Crippen LogP contribution in [0.1, 0.15) is 53.4 Å². The van der Waals surface area contributed by atoms with Gasteiger partial charge >= 0.3 is 0 Å². The second-order valence-electron chi connectivity index (χ2n) is 5.68. The third kappa shape index (κ3) is 3.00. The number of aryl methyl sites for hydroxylation is 2. The molecule has 0 saturated heterocycles. The number of hydrogen-bond acceptors (Lipinski definition) is 2. The molecule has 3 heteroatoms. The second kappa shape index (κ2) is 6.00. The first-order valence-electron chi connectivity index (χ1n) is 7.24. The Labute approximate surface area is 133 Å². The number of hydrogen-bond donors (Lipinski definition) is 1. The number of thiophene rings is 1. The van der Waals surface area contributed by atoms with Gasteiger partial charge in [0.1, 0.15) is 0 Å². The molecule has 1 aromatic carbocycles. The van der Waals surface area contributed by atoms with Gasteiger partial charge in [0.05, 0.1) is 3.79 Å². The van der Waals surface area contributed by atoms with Gasteiger partial charge in [-0.25, -0.2) is 0 Å². The van der Waals surface area contributed by atoms with Crippen molar-refractivity contribution >= 4 is 27.3 Å². The van der Waals surface area contributed by atoms with Crippen molar-refractivity contribution in [1.82, 2.24) is 5.32 Å². The van der Waals surface area contributed by atoms with Crippen LogP contribution in [-0.2, 0) is 6.42 Å². The third-order valence-electron chi connectivity index (χ3n) is 4.08. The minimum Gasteiger partial charge on any atom is -0.303 e. The van der Waals surface area contributed by atoms with Crippen molar-refractivity contribution in [3.63, 3.8) is 0 Å². The van der Waals surface area contributed by atoms with Crippen molar-refractivity contribution < 1.29 is 0 Å². The van der Waals surface area contributed by atoms with Crippen LogP contribution >= 0.6 is 27.3 Å². The molecule has 0 saturated carbocycles. The lowest BCUT2D eigenvalue weighted by atomic mass is 9.92. The summed E-state index contributed by atoms with van der Waals surface area (Å²) in [5.41, 5.74) is 4.22. The standard InChI is InChI=1S/C17H20BrNS/c1-11-5-3-6-13(9-11)12(2)19-15-7-4-8-16-14(15)10-17(18)20-16/h3,5-6,9-10,12,15,19H,4,7-8H2,1-2H3/t12-,15?/m1/s1. The summed E-state index contributed by atoms with van der Waals surface area (Å²) in [6.45, 7) is 4.43.